The van der Waals surface area contributed by atoms with Crippen LogP contribution in [0.1, 0.15) is 15.3 Å². The molecule has 3 nitrogen and oxygen atoms in total. The zero-order valence-electron chi connectivity index (χ0n) is 12.8. The standard InChI is InChI=1S/C16H13BrN2OS3.BrH/c1-8-3-4-12(11(17)5-8)18-16-19-13(7-22-16)10-6-14(15(20)21)23-9(10)2;/h3-7H,1-2H3,(H,18,19)(H,20,21);1H. The number of anilines is 2. The van der Waals surface area contributed by atoms with Crippen LogP contribution < -0.4 is 5.32 Å². The number of aliphatic hydroxyl groups excluding tert-OH is 1. The first-order chi connectivity index (χ1) is 10.9. The van der Waals surface area contributed by atoms with Crippen molar-refractivity contribution in [3.8, 4) is 11.3 Å². The molecule has 0 saturated carbocycles. The van der Waals surface area contributed by atoms with Crippen LogP contribution >= 0.6 is 67.8 Å². The number of hydrogen-bond acceptors (Lipinski definition) is 5. The average Bonchev–Trinajstić information content (AvgIpc) is 3.08. The fourth-order valence-corrected chi connectivity index (χ4v) is 4.50. The molecule has 3 aromatic rings. The lowest BCUT2D eigenvalue weighted by molar-refractivity contribution is 0.572. The van der Waals surface area contributed by atoms with E-state index in [4.69, 9.17) is 12.2 Å². The van der Waals surface area contributed by atoms with Gasteiger partial charge in [0.05, 0.1) is 16.3 Å². The highest BCUT2D eigenvalue weighted by molar-refractivity contribution is 9.10. The molecule has 0 unspecified atom stereocenters. The van der Waals surface area contributed by atoms with E-state index in [9.17, 15) is 5.11 Å². The summed E-state index contributed by atoms with van der Waals surface area (Å²) in [6.07, 6.45) is 0. The smallest absolute Gasteiger partial charge is 0.198 e. The molecule has 2 N–H and O–H groups in total. The number of aromatic nitrogens is 1. The van der Waals surface area contributed by atoms with Crippen LogP contribution in [-0.2, 0) is 0 Å². The summed E-state index contributed by atoms with van der Waals surface area (Å²) < 4.78 is 1.01. The van der Waals surface area contributed by atoms with Gasteiger partial charge < -0.3 is 10.4 Å². The number of thiocarbonyl (C=S) groups is 1. The molecule has 0 bridgehead atoms. The summed E-state index contributed by atoms with van der Waals surface area (Å²) in [6.45, 7) is 4.06. The molecule has 2 heterocycles. The normalized spacial score (nSPS) is 10.3. The highest BCUT2D eigenvalue weighted by Gasteiger charge is 2.13. The summed E-state index contributed by atoms with van der Waals surface area (Å²) in [5, 5.41) is 15.6. The Kier molecular flexibility index (Phi) is 6.55. The summed E-state index contributed by atoms with van der Waals surface area (Å²) >= 11 is 11.4. The second kappa shape index (κ2) is 8.05. The van der Waals surface area contributed by atoms with Crippen molar-refractivity contribution in [2.24, 2.45) is 0 Å². The lowest BCUT2D eigenvalue weighted by Crippen LogP contribution is -1.91. The van der Waals surface area contributed by atoms with Crippen molar-refractivity contribution in [1.82, 2.24) is 4.98 Å². The van der Waals surface area contributed by atoms with E-state index in [0.717, 1.165) is 31.4 Å². The van der Waals surface area contributed by atoms with Crippen LogP contribution in [0.5, 0.6) is 0 Å². The average molecular weight is 506 g/mol. The molecule has 8 heteroatoms. The molecule has 24 heavy (non-hydrogen) atoms. The lowest BCUT2D eigenvalue weighted by atomic mass is 10.2. The molecule has 0 spiro atoms. The third-order valence-electron chi connectivity index (χ3n) is 3.27. The first-order valence-electron chi connectivity index (χ1n) is 6.77. The van der Waals surface area contributed by atoms with Gasteiger partial charge in [0.15, 0.2) is 10.2 Å². The summed E-state index contributed by atoms with van der Waals surface area (Å²) in [5.74, 6) is 0. The Labute approximate surface area is 172 Å². The Hall–Kier alpha value is -0.800. The van der Waals surface area contributed by atoms with Gasteiger partial charge in [-0.1, -0.05) is 6.07 Å². The molecule has 0 aliphatic carbocycles. The molecule has 0 amide bonds. The van der Waals surface area contributed by atoms with Gasteiger partial charge in [-0.15, -0.1) is 39.7 Å². The minimum atomic E-state index is -0.0680. The maximum absolute atomic E-state index is 9.47. The van der Waals surface area contributed by atoms with Crippen LogP contribution in [0, 0.1) is 13.8 Å². The predicted molar refractivity (Wildman–Crippen MR) is 117 cm³/mol. The maximum atomic E-state index is 9.47. The van der Waals surface area contributed by atoms with E-state index in [2.05, 4.69) is 45.3 Å². The van der Waals surface area contributed by atoms with E-state index in [1.807, 2.05) is 24.4 Å². The molecular weight excluding hydrogens is 492 g/mol. The Morgan fingerprint density at radius 3 is 2.67 bits per heavy atom. The SMILES string of the molecule is Br.Cc1ccc(Nc2nc(-c3cc(C(O)=S)sc3C)cs2)c(Br)c1. The summed E-state index contributed by atoms with van der Waals surface area (Å²) in [7, 11) is 0. The largest absolute Gasteiger partial charge is 0.498 e. The van der Waals surface area contributed by atoms with Gasteiger partial charge >= 0.3 is 0 Å². The van der Waals surface area contributed by atoms with Gasteiger partial charge in [0, 0.05) is 20.3 Å². The van der Waals surface area contributed by atoms with Crippen LogP contribution in [0.4, 0.5) is 10.8 Å². The number of rotatable bonds is 4. The van der Waals surface area contributed by atoms with Crippen LogP contribution in [0.2, 0.25) is 0 Å². The number of aryl methyl sites for hydroxylation is 2. The van der Waals surface area contributed by atoms with Crippen molar-refractivity contribution in [2.75, 3.05) is 5.32 Å². The van der Waals surface area contributed by atoms with E-state index in [-0.39, 0.29) is 22.0 Å². The number of hydrogen-bond donors (Lipinski definition) is 2. The molecular formula is C16H14Br2N2OS3. The molecule has 0 aliphatic rings. The van der Waals surface area contributed by atoms with Gasteiger partial charge in [0.1, 0.15) is 0 Å². The predicted octanol–water partition coefficient (Wildman–Crippen LogP) is 6.81. The quantitative estimate of drug-likeness (QED) is 0.382. The Morgan fingerprint density at radius 1 is 1.29 bits per heavy atom. The Morgan fingerprint density at radius 2 is 2.04 bits per heavy atom. The van der Waals surface area contributed by atoms with Gasteiger partial charge in [-0.3, -0.25) is 0 Å². The number of halogens is 2. The third-order valence-corrected chi connectivity index (χ3v) is 6.10. The van der Waals surface area contributed by atoms with E-state index in [0.29, 0.717) is 4.88 Å². The molecule has 1 aromatic carbocycles. The van der Waals surface area contributed by atoms with Gasteiger partial charge in [-0.25, -0.2) is 4.98 Å². The highest BCUT2D eigenvalue weighted by atomic mass is 79.9. The topological polar surface area (TPSA) is 45.2 Å². The number of thiazole rings is 1. The van der Waals surface area contributed by atoms with Crippen molar-refractivity contribution in [3.05, 3.63) is 49.4 Å². The highest BCUT2D eigenvalue weighted by Crippen LogP contribution is 2.35. The van der Waals surface area contributed by atoms with Crippen molar-refractivity contribution < 1.29 is 5.11 Å². The fourth-order valence-electron chi connectivity index (χ4n) is 2.13. The fraction of sp³-hybridized carbons (Fsp3) is 0.125. The number of nitrogens with zero attached hydrogens (tertiary/aromatic N) is 1. The zero-order valence-corrected chi connectivity index (χ0v) is 18.5. The van der Waals surface area contributed by atoms with Gasteiger partial charge in [-0.05, 0) is 65.8 Å². The Balaban J connectivity index is 0.00000208. The zero-order chi connectivity index (χ0) is 16.6. The van der Waals surface area contributed by atoms with Crippen molar-refractivity contribution in [2.45, 2.75) is 13.8 Å². The van der Waals surface area contributed by atoms with Crippen molar-refractivity contribution in [1.29, 1.82) is 0 Å². The van der Waals surface area contributed by atoms with Crippen LogP contribution in [0.15, 0.2) is 34.1 Å². The molecule has 0 fully saturated rings. The first kappa shape index (κ1) is 19.5. The monoisotopic (exact) mass is 504 g/mol. The van der Waals surface area contributed by atoms with Crippen LogP contribution in [-0.4, -0.2) is 15.1 Å². The number of aliphatic hydroxyl groups is 1. The third kappa shape index (κ3) is 4.23. The Bertz CT molecular complexity index is 889. The van der Waals surface area contributed by atoms with Crippen LogP contribution in [0.3, 0.4) is 0 Å². The van der Waals surface area contributed by atoms with E-state index < -0.39 is 0 Å². The minimum Gasteiger partial charge on any atom is -0.498 e. The van der Waals surface area contributed by atoms with E-state index in [1.54, 1.807) is 11.3 Å². The van der Waals surface area contributed by atoms with Gasteiger partial charge in [-0.2, -0.15) is 0 Å². The molecule has 0 radical (unpaired) electrons. The summed E-state index contributed by atoms with van der Waals surface area (Å²) in [5.41, 5.74) is 4.07. The summed E-state index contributed by atoms with van der Waals surface area (Å²) in [6, 6.07) is 8.04. The van der Waals surface area contributed by atoms with E-state index >= 15 is 0 Å². The molecule has 0 aliphatic heterocycles. The first-order valence-corrected chi connectivity index (χ1v) is 9.66. The summed E-state index contributed by atoms with van der Waals surface area (Å²) in [4.78, 5) is 6.43. The molecule has 0 saturated heterocycles. The number of nitrogens with one attached hydrogen (secondary N) is 1. The lowest BCUT2D eigenvalue weighted by Gasteiger charge is -2.06. The molecule has 3 rings (SSSR count). The number of benzene rings is 1. The van der Waals surface area contributed by atoms with Crippen molar-refractivity contribution in [3.63, 3.8) is 0 Å². The van der Waals surface area contributed by atoms with Gasteiger partial charge in [0.25, 0.3) is 0 Å². The van der Waals surface area contributed by atoms with Crippen LogP contribution in [0.25, 0.3) is 11.3 Å². The minimum absolute atomic E-state index is 0. The molecule has 126 valence electrons. The maximum Gasteiger partial charge on any atom is 0.198 e. The van der Waals surface area contributed by atoms with Crippen molar-refractivity contribution >= 4 is 83.7 Å². The van der Waals surface area contributed by atoms with Gasteiger partial charge in [0.2, 0.25) is 0 Å². The second-order valence-corrected chi connectivity index (χ2v) is 8.39. The second-order valence-electron chi connectivity index (χ2n) is 5.03. The molecule has 0 atom stereocenters. The molecule has 2 aromatic heterocycles. The van der Waals surface area contributed by atoms with E-state index in [1.165, 1.54) is 16.9 Å². The number of thiophene rings is 1.